The molecular weight excluding hydrogens is 397 g/mol. The van der Waals surface area contributed by atoms with Crippen LogP contribution in [0.25, 0.3) is 0 Å². The average Bonchev–Trinajstić information content (AvgIpc) is 2.83. The van der Waals surface area contributed by atoms with Crippen molar-refractivity contribution in [3.05, 3.63) is 43.7 Å². The van der Waals surface area contributed by atoms with E-state index in [2.05, 4.69) is 34.0 Å². The van der Waals surface area contributed by atoms with Gasteiger partial charge in [-0.3, -0.25) is 4.79 Å². The Kier molecular flexibility index (Phi) is 3.68. The Bertz CT molecular complexity index is 643. The zero-order valence-corrected chi connectivity index (χ0v) is 13.4. The highest BCUT2D eigenvalue weighted by Gasteiger charge is 2.19. The molecule has 1 aromatic carbocycles. The van der Waals surface area contributed by atoms with E-state index in [1.54, 1.807) is 11.3 Å². The minimum Gasteiger partial charge on any atom is -0.482 e. The van der Waals surface area contributed by atoms with Crippen molar-refractivity contribution in [2.45, 2.75) is 5.38 Å². The van der Waals surface area contributed by atoms with Crippen LogP contribution in [0, 0.1) is 2.88 Å². The normalized spacial score (nSPS) is 15.4. The van der Waals surface area contributed by atoms with Gasteiger partial charge in [0.1, 0.15) is 5.75 Å². The molecule has 1 atom stereocenters. The van der Waals surface area contributed by atoms with Crippen molar-refractivity contribution in [3.63, 3.8) is 0 Å². The number of hydrogen-bond donors (Lipinski definition) is 1. The highest BCUT2D eigenvalue weighted by atomic mass is 127. The number of carbonyl (C=O) groups excluding carboxylic acids is 1. The molecule has 1 N–H and O–H groups in total. The summed E-state index contributed by atoms with van der Waals surface area (Å²) in [5.41, 5.74) is 2.70. The fourth-order valence-corrected chi connectivity index (χ4v) is 3.64. The van der Waals surface area contributed by atoms with E-state index < -0.39 is 0 Å². The number of fused-ring (bicyclic) bond motifs is 1. The Hall–Kier alpha value is -0.790. The van der Waals surface area contributed by atoms with Crippen molar-refractivity contribution in [1.29, 1.82) is 0 Å². The van der Waals surface area contributed by atoms with Gasteiger partial charge in [0.2, 0.25) is 0 Å². The minimum absolute atomic E-state index is 0.0688. The second kappa shape index (κ2) is 5.30. The van der Waals surface area contributed by atoms with Gasteiger partial charge in [-0.1, -0.05) is 6.07 Å². The summed E-state index contributed by atoms with van der Waals surface area (Å²) < 4.78 is 6.53. The minimum atomic E-state index is -0.219. The zero-order chi connectivity index (χ0) is 13.4. The number of halogens is 2. The van der Waals surface area contributed by atoms with Gasteiger partial charge in [0.25, 0.3) is 5.91 Å². The van der Waals surface area contributed by atoms with E-state index >= 15 is 0 Å². The lowest BCUT2D eigenvalue weighted by Gasteiger charge is -2.19. The Balaban J connectivity index is 1.93. The van der Waals surface area contributed by atoms with E-state index in [1.165, 1.54) is 2.88 Å². The summed E-state index contributed by atoms with van der Waals surface area (Å²) in [6.45, 7) is 0.0688. The summed E-state index contributed by atoms with van der Waals surface area (Å²) in [5.74, 6) is 0.549. The molecule has 3 nitrogen and oxygen atoms in total. The van der Waals surface area contributed by atoms with Gasteiger partial charge in [0.15, 0.2) is 6.61 Å². The number of anilines is 1. The highest BCUT2D eigenvalue weighted by Crippen LogP contribution is 2.36. The third-order valence-electron chi connectivity index (χ3n) is 2.81. The number of carbonyl (C=O) groups is 1. The lowest BCUT2D eigenvalue weighted by atomic mass is 10.1. The number of nitrogens with one attached hydrogen (secondary N) is 1. The number of benzene rings is 1. The molecule has 2 aromatic rings. The molecule has 98 valence electrons. The van der Waals surface area contributed by atoms with Crippen LogP contribution in [0.1, 0.15) is 16.5 Å². The molecule has 1 amide bonds. The summed E-state index contributed by atoms with van der Waals surface area (Å²) in [6, 6.07) is 7.71. The molecular formula is C13H9ClINO2S. The van der Waals surface area contributed by atoms with Crippen LogP contribution in [0.3, 0.4) is 0 Å². The van der Waals surface area contributed by atoms with E-state index in [9.17, 15) is 4.79 Å². The Morgan fingerprint density at radius 3 is 2.95 bits per heavy atom. The fourth-order valence-electron chi connectivity index (χ4n) is 1.91. The molecule has 1 aliphatic rings. The van der Waals surface area contributed by atoms with Gasteiger partial charge >= 0.3 is 0 Å². The molecule has 0 aliphatic carbocycles. The summed E-state index contributed by atoms with van der Waals surface area (Å²) >= 11 is 10.4. The molecule has 0 spiro atoms. The molecule has 19 heavy (non-hydrogen) atoms. The monoisotopic (exact) mass is 405 g/mol. The first-order valence-electron chi connectivity index (χ1n) is 5.58. The van der Waals surface area contributed by atoms with Crippen LogP contribution < -0.4 is 10.1 Å². The molecule has 1 aliphatic heterocycles. The smallest absolute Gasteiger partial charge is 0.262 e. The maximum absolute atomic E-state index is 11.3. The number of rotatable bonds is 2. The molecule has 0 saturated heterocycles. The number of thiophene rings is 1. The third kappa shape index (κ3) is 2.73. The van der Waals surface area contributed by atoms with Crippen LogP contribution in [0.4, 0.5) is 5.69 Å². The van der Waals surface area contributed by atoms with E-state index in [-0.39, 0.29) is 17.9 Å². The SMILES string of the molecule is O=C1COc2ccc(C(Cl)c3csc(I)c3)cc2N1. The molecule has 0 radical (unpaired) electrons. The summed E-state index contributed by atoms with van der Waals surface area (Å²) in [4.78, 5) is 11.3. The van der Waals surface area contributed by atoms with Crippen molar-refractivity contribution >= 4 is 57.1 Å². The van der Waals surface area contributed by atoms with E-state index in [4.69, 9.17) is 16.3 Å². The second-order valence-electron chi connectivity index (χ2n) is 4.14. The first kappa shape index (κ1) is 13.2. The molecule has 0 fully saturated rings. The second-order valence-corrected chi connectivity index (χ2v) is 7.38. The van der Waals surface area contributed by atoms with Crippen LogP contribution in [-0.2, 0) is 4.79 Å². The van der Waals surface area contributed by atoms with Gasteiger partial charge in [-0.05, 0) is 57.3 Å². The molecule has 1 unspecified atom stereocenters. The number of alkyl halides is 1. The van der Waals surface area contributed by atoms with Crippen molar-refractivity contribution < 1.29 is 9.53 Å². The van der Waals surface area contributed by atoms with E-state index in [1.807, 2.05) is 23.6 Å². The van der Waals surface area contributed by atoms with Crippen molar-refractivity contribution in [1.82, 2.24) is 0 Å². The molecule has 0 bridgehead atoms. The quantitative estimate of drug-likeness (QED) is 0.605. The van der Waals surface area contributed by atoms with Crippen LogP contribution in [0.2, 0.25) is 0 Å². The van der Waals surface area contributed by atoms with Gasteiger partial charge in [-0.2, -0.15) is 0 Å². The summed E-state index contributed by atoms with van der Waals surface area (Å²) in [6.07, 6.45) is 0. The lowest BCUT2D eigenvalue weighted by Crippen LogP contribution is -2.25. The van der Waals surface area contributed by atoms with Crippen LogP contribution >= 0.6 is 45.5 Å². The Morgan fingerprint density at radius 1 is 1.37 bits per heavy atom. The number of amides is 1. The van der Waals surface area contributed by atoms with Gasteiger partial charge < -0.3 is 10.1 Å². The Labute approximate surface area is 133 Å². The van der Waals surface area contributed by atoms with E-state index in [0.29, 0.717) is 11.4 Å². The van der Waals surface area contributed by atoms with Crippen molar-refractivity contribution in [2.75, 3.05) is 11.9 Å². The third-order valence-corrected chi connectivity index (χ3v) is 5.12. The molecule has 1 aromatic heterocycles. The first-order valence-corrected chi connectivity index (χ1v) is 7.97. The predicted molar refractivity (Wildman–Crippen MR) is 85.3 cm³/mol. The standard InChI is InChI=1S/C13H9ClINO2S/c14-13(8-4-11(15)19-6-8)7-1-2-10-9(3-7)16-12(17)5-18-10/h1-4,6,13H,5H2,(H,16,17). The van der Waals surface area contributed by atoms with Crippen molar-refractivity contribution in [2.24, 2.45) is 0 Å². The van der Waals surface area contributed by atoms with Gasteiger partial charge in [-0.15, -0.1) is 22.9 Å². The maximum atomic E-state index is 11.3. The summed E-state index contributed by atoms with van der Waals surface area (Å²) in [7, 11) is 0. The lowest BCUT2D eigenvalue weighted by molar-refractivity contribution is -0.118. The van der Waals surface area contributed by atoms with Crippen LogP contribution in [0.5, 0.6) is 5.75 Å². The van der Waals surface area contributed by atoms with E-state index in [0.717, 1.165) is 11.1 Å². The molecule has 3 rings (SSSR count). The maximum Gasteiger partial charge on any atom is 0.262 e. The van der Waals surface area contributed by atoms with Gasteiger partial charge in [0.05, 0.1) is 13.9 Å². The van der Waals surface area contributed by atoms with Crippen molar-refractivity contribution in [3.8, 4) is 5.75 Å². The first-order chi connectivity index (χ1) is 9.13. The number of hydrogen-bond acceptors (Lipinski definition) is 3. The fraction of sp³-hybridized carbons (Fsp3) is 0.154. The topological polar surface area (TPSA) is 38.3 Å². The average molecular weight is 406 g/mol. The highest BCUT2D eigenvalue weighted by molar-refractivity contribution is 14.1. The largest absolute Gasteiger partial charge is 0.482 e. The predicted octanol–water partition coefficient (Wildman–Crippen LogP) is 4.01. The van der Waals surface area contributed by atoms with Gasteiger partial charge in [0, 0.05) is 0 Å². The zero-order valence-electron chi connectivity index (χ0n) is 9.65. The molecule has 0 saturated carbocycles. The number of ether oxygens (including phenoxy) is 1. The molecule has 6 heteroatoms. The summed E-state index contributed by atoms with van der Waals surface area (Å²) in [5, 5.41) is 4.62. The van der Waals surface area contributed by atoms with Crippen LogP contribution in [0.15, 0.2) is 29.6 Å². The van der Waals surface area contributed by atoms with Crippen LogP contribution in [-0.4, -0.2) is 12.5 Å². The van der Waals surface area contributed by atoms with Gasteiger partial charge in [-0.25, -0.2) is 0 Å². The molecule has 2 heterocycles. The Morgan fingerprint density at radius 2 is 2.21 bits per heavy atom.